The number of anilines is 1. The molecule has 51 heavy (non-hydrogen) atoms. The van der Waals surface area contributed by atoms with Crippen molar-refractivity contribution >= 4 is 88.6 Å². The molecule has 3 unspecified atom stereocenters. The maximum absolute atomic E-state index is 13.3. The number of alkyl halides is 3. The van der Waals surface area contributed by atoms with Crippen LogP contribution in [0.1, 0.15) is 38.8 Å². The fraction of sp³-hybridized carbons (Fsp3) is 0.355. The first-order chi connectivity index (χ1) is 23.7. The Morgan fingerprint density at radius 2 is 1.53 bits per heavy atom. The van der Waals surface area contributed by atoms with Gasteiger partial charge in [-0.3, -0.25) is 29.4 Å². The third-order valence-electron chi connectivity index (χ3n) is 6.79. The third kappa shape index (κ3) is 11.2. The summed E-state index contributed by atoms with van der Waals surface area (Å²) in [5.74, 6) is -5.78. The van der Waals surface area contributed by atoms with Crippen molar-refractivity contribution in [2.75, 3.05) is 18.1 Å². The van der Waals surface area contributed by atoms with Crippen LogP contribution >= 0.6 is 34.8 Å². The van der Waals surface area contributed by atoms with Crippen LogP contribution in [-0.2, 0) is 33.5 Å². The number of halogens is 3. The second-order valence-corrected chi connectivity index (χ2v) is 13.9. The number of β-lactam (4-membered cyclic amide) rings is 1. The highest BCUT2D eigenvalue weighted by Crippen LogP contribution is 2.33. The number of imide groups is 1. The molecule has 274 valence electrons. The highest BCUT2D eigenvalue weighted by molar-refractivity contribution is 6.76. The monoisotopic (exact) mass is 772 g/mol. The van der Waals surface area contributed by atoms with Gasteiger partial charge < -0.3 is 34.6 Å². The van der Waals surface area contributed by atoms with Gasteiger partial charge in [0.25, 0.3) is 15.6 Å². The van der Waals surface area contributed by atoms with E-state index in [0.29, 0.717) is 0 Å². The molecule has 1 aliphatic heterocycles. The van der Waals surface area contributed by atoms with E-state index >= 15 is 0 Å². The Kier molecular flexibility index (Phi) is 13.2. The summed E-state index contributed by atoms with van der Waals surface area (Å²) >= 11 is 16.1. The zero-order valence-corrected chi connectivity index (χ0v) is 29.2. The van der Waals surface area contributed by atoms with Crippen molar-refractivity contribution in [3.8, 4) is 11.5 Å². The molecule has 1 fully saturated rings. The average molecular weight is 774 g/mol. The standard InChI is InChI=1S/C31H31Cl3N4O13/c1-30(2,3)51-29(48)35-20(25(42)43)12-13-49-18-10-6-17(7-11-18)38(22(40)15-39)21-14-37(24(21)41)23(26(44)45)16-4-8-19(9-5-16)50-28(47)36-27(46)31(32,33)34/h4-11,15,20-21,23H,12-14H2,1-3H3,(H,35,48)(H,42,43)(H,44,45)(H,36,46,47). The minimum absolute atomic E-state index is 0.00537. The van der Waals surface area contributed by atoms with Gasteiger partial charge in [0.05, 0.1) is 13.2 Å². The second kappa shape index (κ2) is 16.7. The summed E-state index contributed by atoms with van der Waals surface area (Å²) in [5, 5.41) is 23.3. The van der Waals surface area contributed by atoms with Crippen LogP contribution in [0.5, 0.6) is 11.5 Å². The smallest absolute Gasteiger partial charge is 0.419 e. The van der Waals surface area contributed by atoms with E-state index in [1.807, 2.05) is 0 Å². The van der Waals surface area contributed by atoms with Crippen LogP contribution in [0.25, 0.3) is 0 Å². The van der Waals surface area contributed by atoms with E-state index in [-0.39, 0.29) is 48.6 Å². The predicted octanol–water partition coefficient (Wildman–Crippen LogP) is 2.99. The van der Waals surface area contributed by atoms with E-state index in [0.717, 1.165) is 9.80 Å². The first-order valence-electron chi connectivity index (χ1n) is 14.7. The SMILES string of the molecule is CC(C)(C)OC(=O)NC(CCOc1ccc(N(C(=O)C=O)C2CN(C(C(=O)O)c3ccc(OC(=O)NC(=O)C(Cl)(Cl)Cl)cc3)C2=O)cc1)C(=O)O. The zero-order chi connectivity index (χ0) is 38.3. The van der Waals surface area contributed by atoms with Gasteiger partial charge in [0.15, 0.2) is 6.04 Å². The number of carboxylic acid groups (broad SMARTS) is 2. The highest BCUT2D eigenvalue weighted by atomic mass is 35.6. The van der Waals surface area contributed by atoms with Crippen molar-refractivity contribution in [1.29, 1.82) is 0 Å². The van der Waals surface area contributed by atoms with Gasteiger partial charge in [0.1, 0.15) is 29.2 Å². The number of ether oxygens (including phenoxy) is 3. The second-order valence-electron chi connectivity index (χ2n) is 11.7. The number of alkyl carbamates (subject to hydrolysis) is 1. The Bertz CT molecular complexity index is 1680. The van der Waals surface area contributed by atoms with Crippen LogP contribution < -0.4 is 25.0 Å². The molecule has 0 aliphatic carbocycles. The number of nitrogens with one attached hydrogen (secondary N) is 2. The van der Waals surface area contributed by atoms with Crippen molar-refractivity contribution < 1.29 is 62.8 Å². The van der Waals surface area contributed by atoms with Crippen LogP contribution in [0.3, 0.4) is 0 Å². The maximum atomic E-state index is 13.3. The summed E-state index contributed by atoms with van der Waals surface area (Å²) in [6.07, 6.45) is -2.34. The molecule has 0 radical (unpaired) electrons. The molecule has 1 heterocycles. The van der Waals surface area contributed by atoms with Gasteiger partial charge in [-0.25, -0.2) is 19.2 Å². The molecular weight excluding hydrogens is 743 g/mol. The number of likely N-dealkylation sites (tertiary alicyclic amines) is 1. The highest BCUT2D eigenvalue weighted by Gasteiger charge is 2.49. The Morgan fingerprint density at radius 1 is 0.941 bits per heavy atom. The Balaban J connectivity index is 1.66. The molecular formula is C31H31Cl3N4O13. The molecule has 20 heteroatoms. The van der Waals surface area contributed by atoms with Crippen molar-refractivity contribution in [2.45, 2.75) is 54.7 Å². The Hall–Kier alpha value is -5.13. The van der Waals surface area contributed by atoms with E-state index in [9.17, 15) is 48.6 Å². The summed E-state index contributed by atoms with van der Waals surface area (Å²) < 4.78 is 13.1. The molecule has 2 aromatic rings. The van der Waals surface area contributed by atoms with Gasteiger partial charge in [0, 0.05) is 12.1 Å². The molecule has 3 rings (SSSR count). The Labute approximate surface area is 304 Å². The van der Waals surface area contributed by atoms with Gasteiger partial charge in [-0.05, 0) is 62.7 Å². The van der Waals surface area contributed by atoms with E-state index in [4.69, 9.17) is 49.0 Å². The molecule has 5 amide bonds. The van der Waals surface area contributed by atoms with E-state index < -0.39 is 69.4 Å². The van der Waals surface area contributed by atoms with Gasteiger partial charge in [-0.1, -0.05) is 46.9 Å². The Morgan fingerprint density at radius 3 is 2.02 bits per heavy atom. The number of hydrogen-bond donors (Lipinski definition) is 4. The lowest BCUT2D eigenvalue weighted by atomic mass is 9.96. The number of amides is 5. The van der Waals surface area contributed by atoms with E-state index in [1.54, 1.807) is 26.1 Å². The van der Waals surface area contributed by atoms with E-state index in [1.165, 1.54) is 48.5 Å². The number of benzene rings is 2. The number of aliphatic carboxylic acids is 2. The first-order valence-corrected chi connectivity index (χ1v) is 15.8. The number of rotatable bonds is 13. The fourth-order valence-corrected chi connectivity index (χ4v) is 4.69. The maximum Gasteiger partial charge on any atom is 0.419 e. The van der Waals surface area contributed by atoms with Crippen LogP contribution in [0.4, 0.5) is 15.3 Å². The predicted molar refractivity (Wildman–Crippen MR) is 178 cm³/mol. The molecule has 0 spiro atoms. The molecule has 3 atom stereocenters. The summed E-state index contributed by atoms with van der Waals surface area (Å²) in [6.45, 7) is 4.44. The summed E-state index contributed by atoms with van der Waals surface area (Å²) in [7, 11) is 0. The molecule has 1 aliphatic rings. The summed E-state index contributed by atoms with van der Waals surface area (Å²) in [5.41, 5.74) is -0.649. The molecule has 4 N–H and O–H groups in total. The third-order valence-corrected chi connectivity index (χ3v) is 7.31. The van der Waals surface area contributed by atoms with Gasteiger partial charge in [0.2, 0.25) is 12.2 Å². The lowest BCUT2D eigenvalue weighted by Gasteiger charge is -2.46. The summed E-state index contributed by atoms with van der Waals surface area (Å²) in [4.78, 5) is 98.6. The topological polar surface area (TPSA) is 235 Å². The quantitative estimate of drug-likeness (QED) is 0.0993. The molecule has 2 aromatic carbocycles. The fourth-order valence-electron chi connectivity index (χ4n) is 4.55. The number of hydrogen-bond acceptors (Lipinski definition) is 11. The van der Waals surface area contributed by atoms with Crippen LogP contribution in [0, 0.1) is 0 Å². The van der Waals surface area contributed by atoms with E-state index in [2.05, 4.69) is 5.32 Å². The van der Waals surface area contributed by atoms with Crippen molar-refractivity contribution in [1.82, 2.24) is 15.5 Å². The number of carbonyl (C=O) groups is 8. The van der Waals surface area contributed by atoms with Crippen molar-refractivity contribution in [3.05, 3.63) is 54.1 Å². The van der Waals surface area contributed by atoms with Crippen LogP contribution in [0.2, 0.25) is 0 Å². The van der Waals surface area contributed by atoms with Gasteiger partial charge in [-0.15, -0.1) is 0 Å². The first kappa shape index (κ1) is 40.3. The molecule has 0 saturated carbocycles. The molecule has 0 bridgehead atoms. The minimum Gasteiger partial charge on any atom is -0.493 e. The molecule has 1 saturated heterocycles. The summed E-state index contributed by atoms with van der Waals surface area (Å²) in [6, 6.07) is 6.32. The average Bonchev–Trinajstić information content (AvgIpc) is 3.02. The van der Waals surface area contributed by atoms with Crippen molar-refractivity contribution in [3.63, 3.8) is 0 Å². The largest absolute Gasteiger partial charge is 0.493 e. The lowest BCUT2D eigenvalue weighted by Crippen LogP contribution is -2.67. The van der Waals surface area contributed by atoms with Gasteiger partial charge in [-0.2, -0.15) is 0 Å². The number of nitrogens with zero attached hydrogens (tertiary/aromatic N) is 2. The van der Waals surface area contributed by atoms with Crippen molar-refractivity contribution in [2.24, 2.45) is 0 Å². The number of carboxylic acids is 2. The van der Waals surface area contributed by atoms with Gasteiger partial charge >= 0.3 is 24.1 Å². The number of carbonyl (C=O) groups excluding carboxylic acids is 6. The normalized spacial score (nSPS) is 15.3. The minimum atomic E-state index is -2.43. The lowest BCUT2D eigenvalue weighted by molar-refractivity contribution is -0.159. The molecule has 17 nitrogen and oxygen atoms in total. The molecule has 0 aromatic heterocycles. The zero-order valence-electron chi connectivity index (χ0n) is 27.0. The van der Waals surface area contributed by atoms with Crippen LogP contribution in [0.15, 0.2) is 48.5 Å². The van der Waals surface area contributed by atoms with Crippen LogP contribution in [-0.4, -0.2) is 97.9 Å². The number of aldehydes is 1.